The monoisotopic (exact) mass is 730 g/mol. The molecule has 0 radical (unpaired) electrons. The number of hydrogen-bond donors (Lipinski definition) is 5. The highest BCUT2D eigenvalue weighted by molar-refractivity contribution is 7.17. The molecule has 5 N–H and O–H groups in total. The number of ether oxygens (including phenoxy) is 1. The lowest BCUT2D eigenvalue weighted by atomic mass is 10.0. The summed E-state index contributed by atoms with van der Waals surface area (Å²) in [6.07, 6.45) is -2.88. The van der Waals surface area contributed by atoms with Gasteiger partial charge in [-0.2, -0.15) is 0 Å². The Morgan fingerprint density at radius 1 is 0.769 bits per heavy atom. The number of para-hydroxylation sites is 1. The van der Waals surface area contributed by atoms with Crippen molar-refractivity contribution in [2.45, 2.75) is 85.2 Å². The van der Waals surface area contributed by atoms with E-state index in [9.17, 15) is 29.4 Å². The third-order valence-electron chi connectivity index (χ3n) is 7.79. The van der Waals surface area contributed by atoms with Gasteiger partial charge in [0.2, 0.25) is 5.91 Å². The van der Waals surface area contributed by atoms with Crippen molar-refractivity contribution in [3.63, 3.8) is 0 Å². The first-order chi connectivity index (χ1) is 24.4. The summed E-state index contributed by atoms with van der Waals surface area (Å²) >= 11 is 1.10. The van der Waals surface area contributed by atoms with Crippen LogP contribution in [-0.4, -0.2) is 66.4 Å². The first kappa shape index (κ1) is 39.2. The van der Waals surface area contributed by atoms with Gasteiger partial charge in [0, 0.05) is 30.2 Å². The summed E-state index contributed by atoms with van der Waals surface area (Å²) in [4.78, 5) is 57.1. The van der Waals surface area contributed by atoms with Gasteiger partial charge in [0.15, 0.2) is 11.4 Å². The van der Waals surface area contributed by atoms with Crippen molar-refractivity contribution in [2.24, 2.45) is 0 Å². The van der Waals surface area contributed by atoms with Crippen LogP contribution in [0.4, 0.5) is 20.4 Å². The van der Waals surface area contributed by atoms with Crippen LogP contribution < -0.4 is 20.7 Å². The van der Waals surface area contributed by atoms with Gasteiger partial charge in [-0.05, 0) is 102 Å². The van der Waals surface area contributed by atoms with Crippen molar-refractivity contribution in [3.05, 3.63) is 101 Å². The van der Waals surface area contributed by atoms with E-state index in [-0.39, 0.29) is 18.4 Å². The maximum Gasteiger partial charge on any atom is 0.410 e. The van der Waals surface area contributed by atoms with Crippen molar-refractivity contribution in [2.75, 3.05) is 10.6 Å². The highest BCUT2D eigenvalue weighted by atomic mass is 32.1. The molecule has 0 saturated heterocycles. The molecule has 0 atom stereocenters. The third-order valence-corrected chi connectivity index (χ3v) is 8.80. The van der Waals surface area contributed by atoms with Crippen molar-refractivity contribution in [1.82, 2.24) is 20.1 Å². The first-order valence-electron chi connectivity index (χ1n) is 16.7. The number of aromatic nitrogens is 1. The number of amides is 4. The van der Waals surface area contributed by atoms with E-state index in [0.29, 0.717) is 40.0 Å². The number of carbonyl (C=O) groups excluding carboxylic acids is 2. The Kier molecular flexibility index (Phi) is 12.5. The minimum atomic E-state index is -1.27. The zero-order chi connectivity index (χ0) is 38.2. The number of hydrogen-bond acceptors (Lipinski definition) is 8. The van der Waals surface area contributed by atoms with Gasteiger partial charge in [0.05, 0.1) is 5.69 Å². The SMILES string of the molecule is CC(=O)Nc1nc(CCc2ccc(NC(N(C(=O)O)C(C)(C)C)N(C(=O)O)C(C)(C)C)cc2)c(C(=O)NCc2ccc(Oc3ccccc3)cc2)s1. The quantitative estimate of drug-likeness (QED) is 0.0858. The Hall–Kier alpha value is -5.63. The maximum absolute atomic E-state index is 13.4. The van der Waals surface area contributed by atoms with Crippen LogP contribution in [0.15, 0.2) is 78.9 Å². The molecule has 4 amide bonds. The van der Waals surface area contributed by atoms with Crippen LogP contribution in [-0.2, 0) is 24.2 Å². The smallest absolute Gasteiger partial charge is 0.410 e. The minimum Gasteiger partial charge on any atom is -0.465 e. The molecule has 3 aromatic carbocycles. The first-order valence-corrected chi connectivity index (χ1v) is 17.5. The van der Waals surface area contributed by atoms with Gasteiger partial charge in [-0.15, -0.1) is 0 Å². The van der Waals surface area contributed by atoms with Gasteiger partial charge in [-0.3, -0.25) is 19.4 Å². The van der Waals surface area contributed by atoms with E-state index < -0.39 is 29.6 Å². The van der Waals surface area contributed by atoms with Gasteiger partial charge >= 0.3 is 12.2 Å². The lowest BCUT2D eigenvalue weighted by Crippen LogP contribution is -2.66. The molecular formula is C38H46N6O7S. The molecular weight excluding hydrogens is 685 g/mol. The van der Waals surface area contributed by atoms with E-state index in [1.54, 1.807) is 53.7 Å². The van der Waals surface area contributed by atoms with Crippen molar-refractivity contribution in [3.8, 4) is 11.5 Å². The number of benzene rings is 3. The molecule has 52 heavy (non-hydrogen) atoms. The second kappa shape index (κ2) is 16.6. The van der Waals surface area contributed by atoms with Crippen LogP contribution >= 0.6 is 11.3 Å². The summed E-state index contributed by atoms with van der Waals surface area (Å²) in [5.74, 6) is 0.785. The second-order valence-electron chi connectivity index (χ2n) is 14.1. The average molecular weight is 731 g/mol. The molecule has 13 nitrogen and oxygen atoms in total. The molecule has 14 heteroatoms. The number of aryl methyl sites for hydroxylation is 2. The van der Waals surface area contributed by atoms with Crippen molar-refractivity contribution < 1.29 is 34.1 Å². The Morgan fingerprint density at radius 2 is 1.31 bits per heavy atom. The highest BCUT2D eigenvalue weighted by Gasteiger charge is 2.43. The lowest BCUT2D eigenvalue weighted by molar-refractivity contribution is -0.114. The van der Waals surface area contributed by atoms with E-state index in [1.165, 1.54) is 6.92 Å². The predicted octanol–water partition coefficient (Wildman–Crippen LogP) is 7.86. The van der Waals surface area contributed by atoms with Crippen LogP contribution in [0.1, 0.15) is 75.0 Å². The molecule has 0 spiro atoms. The van der Waals surface area contributed by atoms with E-state index in [4.69, 9.17) is 4.74 Å². The number of nitrogens with zero attached hydrogens (tertiary/aromatic N) is 3. The fourth-order valence-corrected chi connectivity index (χ4v) is 6.38. The van der Waals surface area contributed by atoms with Gasteiger partial charge in [0.25, 0.3) is 5.91 Å². The standard InChI is InChI=1S/C38H46N6O7S/c1-24(45)40-33-42-30(31(52-33)32(46)39-23-26-15-20-29(21-16-26)51-28-11-9-8-10-12-28)22-17-25-13-18-27(19-14-25)41-34(43(35(47)48)37(2,3)4)44(36(49)50)38(5,6)7/h8-16,18-21,34,41H,17,22-23H2,1-7H3,(H,39,46)(H,47,48)(H,49,50)(H,40,42,45). The average Bonchev–Trinajstić information content (AvgIpc) is 3.44. The van der Waals surface area contributed by atoms with Gasteiger partial charge in [-0.25, -0.2) is 14.6 Å². The molecule has 1 heterocycles. The molecule has 0 unspecified atom stereocenters. The Morgan fingerprint density at radius 3 is 1.83 bits per heavy atom. The number of carboxylic acid groups (broad SMARTS) is 2. The van der Waals surface area contributed by atoms with E-state index in [1.807, 2.05) is 66.7 Å². The predicted molar refractivity (Wildman–Crippen MR) is 201 cm³/mol. The van der Waals surface area contributed by atoms with Crippen molar-refractivity contribution in [1.29, 1.82) is 0 Å². The minimum absolute atomic E-state index is 0.274. The Balaban J connectivity index is 1.46. The fourth-order valence-electron chi connectivity index (χ4n) is 5.41. The van der Waals surface area contributed by atoms with Gasteiger partial charge < -0.3 is 30.9 Å². The molecule has 0 aliphatic heterocycles. The summed E-state index contributed by atoms with van der Waals surface area (Å²) in [6, 6.07) is 24.1. The number of carbonyl (C=O) groups is 4. The number of nitrogens with one attached hydrogen (secondary N) is 3. The summed E-state index contributed by atoms with van der Waals surface area (Å²) in [5.41, 5.74) is 0.958. The number of anilines is 2. The van der Waals surface area contributed by atoms with E-state index in [2.05, 4.69) is 20.9 Å². The molecule has 0 aliphatic carbocycles. The zero-order valence-electron chi connectivity index (χ0n) is 30.4. The van der Waals surface area contributed by atoms with Crippen LogP contribution in [0.5, 0.6) is 11.5 Å². The maximum atomic E-state index is 13.4. The van der Waals surface area contributed by atoms with Gasteiger partial charge in [0.1, 0.15) is 16.4 Å². The molecule has 4 rings (SSSR count). The topological polar surface area (TPSA) is 173 Å². The summed E-state index contributed by atoms with van der Waals surface area (Å²) < 4.78 is 5.85. The largest absolute Gasteiger partial charge is 0.465 e. The van der Waals surface area contributed by atoms with E-state index in [0.717, 1.165) is 38.0 Å². The summed E-state index contributed by atoms with van der Waals surface area (Å²) in [5, 5.41) is 29.3. The van der Waals surface area contributed by atoms with Crippen LogP contribution in [0.25, 0.3) is 0 Å². The van der Waals surface area contributed by atoms with Crippen LogP contribution in [0, 0.1) is 0 Å². The summed E-state index contributed by atoms with van der Waals surface area (Å²) in [6.45, 7) is 11.8. The molecule has 1 aromatic heterocycles. The molecule has 0 aliphatic rings. The fraction of sp³-hybridized carbons (Fsp3) is 0.342. The third kappa shape index (κ3) is 10.7. The molecule has 0 fully saturated rings. The Labute approximate surface area is 307 Å². The van der Waals surface area contributed by atoms with E-state index >= 15 is 0 Å². The molecule has 0 saturated carbocycles. The van der Waals surface area contributed by atoms with Crippen LogP contribution in [0.3, 0.4) is 0 Å². The second-order valence-corrected chi connectivity index (χ2v) is 15.1. The normalized spacial score (nSPS) is 11.5. The Bertz CT molecular complexity index is 1820. The highest BCUT2D eigenvalue weighted by Crippen LogP contribution is 2.29. The van der Waals surface area contributed by atoms with Gasteiger partial charge in [-0.1, -0.05) is 53.8 Å². The molecule has 0 bridgehead atoms. The number of rotatable bonds is 13. The lowest BCUT2D eigenvalue weighted by Gasteiger charge is -2.48. The molecule has 276 valence electrons. The van der Waals surface area contributed by atoms with Crippen molar-refractivity contribution >= 4 is 46.2 Å². The van der Waals surface area contributed by atoms with Crippen LogP contribution in [0.2, 0.25) is 0 Å². The molecule has 4 aromatic rings. The zero-order valence-corrected chi connectivity index (χ0v) is 31.2. The number of thiazole rings is 1. The summed E-state index contributed by atoms with van der Waals surface area (Å²) in [7, 11) is 0.